The first-order valence-corrected chi connectivity index (χ1v) is 5.52. The van der Waals surface area contributed by atoms with E-state index >= 15 is 0 Å². The van der Waals surface area contributed by atoms with Gasteiger partial charge in [0, 0.05) is 6.20 Å². The van der Waals surface area contributed by atoms with Crippen molar-refractivity contribution in [3.8, 4) is 17.4 Å². The Hall–Kier alpha value is -1.55. The number of nitrogens with zero attached hydrogens (tertiary/aromatic N) is 1. The van der Waals surface area contributed by atoms with E-state index in [1.807, 2.05) is 36.4 Å². The summed E-state index contributed by atoms with van der Waals surface area (Å²) in [5.41, 5.74) is 0. The fraction of sp³-hybridized carbons (Fsp3) is 0.0833. The van der Waals surface area contributed by atoms with Crippen molar-refractivity contribution in [2.45, 2.75) is 0 Å². The maximum atomic E-state index is 5.65. The van der Waals surface area contributed by atoms with Gasteiger partial charge in [0.1, 0.15) is 0 Å². The first kappa shape index (κ1) is 11.0. The summed E-state index contributed by atoms with van der Waals surface area (Å²) in [5.74, 6) is 1.84. The quantitative estimate of drug-likeness (QED) is 0.860. The van der Waals surface area contributed by atoms with Crippen LogP contribution in [-0.2, 0) is 0 Å². The molecule has 0 radical (unpaired) electrons. The van der Waals surface area contributed by atoms with Crippen molar-refractivity contribution in [2.75, 3.05) is 7.11 Å². The topological polar surface area (TPSA) is 31.4 Å². The lowest BCUT2D eigenvalue weighted by Gasteiger charge is -2.09. The summed E-state index contributed by atoms with van der Waals surface area (Å²) in [7, 11) is 1.61. The minimum absolute atomic E-state index is 0.520. The molecular weight excluding hydrogens is 270 g/mol. The summed E-state index contributed by atoms with van der Waals surface area (Å²) in [6.45, 7) is 0. The molecular formula is C12H10BrNO2. The van der Waals surface area contributed by atoms with Gasteiger partial charge in [-0.05, 0) is 40.2 Å². The Bertz CT molecular complexity index is 488. The number of para-hydroxylation sites is 2. The van der Waals surface area contributed by atoms with Crippen LogP contribution >= 0.6 is 15.9 Å². The van der Waals surface area contributed by atoms with Crippen molar-refractivity contribution in [2.24, 2.45) is 0 Å². The number of hydrogen-bond acceptors (Lipinski definition) is 3. The molecule has 0 saturated carbocycles. The Morgan fingerprint density at radius 2 is 1.81 bits per heavy atom. The standard InChI is InChI=1S/C12H10BrNO2/c1-15-10-6-2-3-7-11(10)16-12-9(13)5-4-8-14-12/h2-8H,1H3. The third kappa shape index (κ3) is 2.33. The Labute approximate surface area is 102 Å². The van der Waals surface area contributed by atoms with Crippen LogP contribution in [0.25, 0.3) is 0 Å². The molecule has 0 amide bonds. The lowest BCUT2D eigenvalue weighted by molar-refractivity contribution is 0.373. The van der Waals surface area contributed by atoms with E-state index in [1.54, 1.807) is 13.3 Å². The summed E-state index contributed by atoms with van der Waals surface area (Å²) in [6, 6.07) is 11.1. The molecule has 0 saturated heterocycles. The molecule has 4 heteroatoms. The second-order valence-corrected chi connectivity index (χ2v) is 3.90. The highest BCUT2D eigenvalue weighted by Gasteiger charge is 2.07. The number of rotatable bonds is 3. The van der Waals surface area contributed by atoms with E-state index in [1.165, 1.54) is 0 Å². The Kier molecular flexibility index (Phi) is 3.41. The highest BCUT2D eigenvalue weighted by molar-refractivity contribution is 9.10. The van der Waals surface area contributed by atoms with Crippen LogP contribution in [0.3, 0.4) is 0 Å². The zero-order valence-electron chi connectivity index (χ0n) is 8.68. The van der Waals surface area contributed by atoms with Gasteiger partial charge in [-0.1, -0.05) is 12.1 Å². The number of methoxy groups -OCH3 is 1. The Morgan fingerprint density at radius 3 is 2.50 bits per heavy atom. The number of pyridine rings is 1. The monoisotopic (exact) mass is 279 g/mol. The molecule has 1 aromatic carbocycles. The van der Waals surface area contributed by atoms with E-state index in [2.05, 4.69) is 20.9 Å². The second-order valence-electron chi connectivity index (χ2n) is 3.04. The summed E-state index contributed by atoms with van der Waals surface area (Å²) in [6.07, 6.45) is 1.68. The average Bonchev–Trinajstić information content (AvgIpc) is 2.33. The third-order valence-corrected chi connectivity index (χ3v) is 2.60. The summed E-state index contributed by atoms with van der Waals surface area (Å²) < 4.78 is 11.6. The fourth-order valence-electron chi connectivity index (χ4n) is 1.25. The lowest BCUT2D eigenvalue weighted by atomic mass is 10.3. The van der Waals surface area contributed by atoms with E-state index in [4.69, 9.17) is 9.47 Å². The van der Waals surface area contributed by atoms with Gasteiger partial charge in [-0.15, -0.1) is 0 Å². The van der Waals surface area contributed by atoms with Crippen molar-refractivity contribution < 1.29 is 9.47 Å². The van der Waals surface area contributed by atoms with Gasteiger partial charge in [0.25, 0.3) is 0 Å². The van der Waals surface area contributed by atoms with Gasteiger partial charge in [0.15, 0.2) is 11.5 Å². The van der Waals surface area contributed by atoms with Gasteiger partial charge in [0.05, 0.1) is 11.6 Å². The molecule has 0 spiro atoms. The van der Waals surface area contributed by atoms with Crippen molar-refractivity contribution in [3.63, 3.8) is 0 Å². The first-order valence-electron chi connectivity index (χ1n) is 4.72. The molecule has 16 heavy (non-hydrogen) atoms. The molecule has 3 nitrogen and oxygen atoms in total. The van der Waals surface area contributed by atoms with Gasteiger partial charge >= 0.3 is 0 Å². The van der Waals surface area contributed by atoms with Crippen LogP contribution in [0.2, 0.25) is 0 Å². The molecule has 0 unspecified atom stereocenters. The third-order valence-electron chi connectivity index (χ3n) is 2.00. The molecule has 1 aromatic heterocycles. The van der Waals surface area contributed by atoms with Gasteiger partial charge < -0.3 is 9.47 Å². The summed E-state index contributed by atoms with van der Waals surface area (Å²) in [5, 5.41) is 0. The van der Waals surface area contributed by atoms with Crippen molar-refractivity contribution in [3.05, 3.63) is 47.1 Å². The van der Waals surface area contributed by atoms with E-state index in [0.717, 1.165) is 4.47 Å². The van der Waals surface area contributed by atoms with Crippen LogP contribution in [0.1, 0.15) is 0 Å². The minimum atomic E-state index is 0.520. The number of hydrogen-bond donors (Lipinski definition) is 0. The number of ether oxygens (including phenoxy) is 2. The van der Waals surface area contributed by atoms with Crippen molar-refractivity contribution >= 4 is 15.9 Å². The van der Waals surface area contributed by atoms with Crippen LogP contribution < -0.4 is 9.47 Å². The predicted octanol–water partition coefficient (Wildman–Crippen LogP) is 3.65. The first-order chi connectivity index (χ1) is 7.81. The molecule has 0 aliphatic rings. The van der Waals surface area contributed by atoms with Crippen LogP contribution in [0.15, 0.2) is 47.1 Å². The molecule has 0 N–H and O–H groups in total. The Morgan fingerprint density at radius 1 is 1.06 bits per heavy atom. The molecule has 0 aliphatic carbocycles. The SMILES string of the molecule is COc1ccccc1Oc1ncccc1Br. The van der Waals surface area contributed by atoms with Crippen LogP contribution in [0, 0.1) is 0 Å². The van der Waals surface area contributed by atoms with Gasteiger partial charge in [0.2, 0.25) is 5.88 Å². The number of aromatic nitrogens is 1. The van der Waals surface area contributed by atoms with Crippen LogP contribution in [0.4, 0.5) is 0 Å². The van der Waals surface area contributed by atoms with E-state index in [-0.39, 0.29) is 0 Å². The van der Waals surface area contributed by atoms with Gasteiger partial charge in [-0.25, -0.2) is 4.98 Å². The zero-order chi connectivity index (χ0) is 11.4. The van der Waals surface area contributed by atoms with E-state index in [9.17, 15) is 0 Å². The number of halogens is 1. The normalized spacial score (nSPS) is 9.88. The van der Waals surface area contributed by atoms with Crippen molar-refractivity contribution in [1.29, 1.82) is 0 Å². The summed E-state index contributed by atoms with van der Waals surface area (Å²) >= 11 is 3.37. The smallest absolute Gasteiger partial charge is 0.233 e. The average molecular weight is 280 g/mol. The van der Waals surface area contributed by atoms with Gasteiger partial charge in [-0.3, -0.25) is 0 Å². The number of benzene rings is 1. The molecule has 0 bridgehead atoms. The molecule has 0 fully saturated rings. The summed E-state index contributed by atoms with van der Waals surface area (Å²) in [4.78, 5) is 4.12. The van der Waals surface area contributed by atoms with Gasteiger partial charge in [-0.2, -0.15) is 0 Å². The van der Waals surface area contributed by atoms with E-state index < -0.39 is 0 Å². The Balaban J connectivity index is 2.30. The highest BCUT2D eigenvalue weighted by atomic mass is 79.9. The highest BCUT2D eigenvalue weighted by Crippen LogP contribution is 2.32. The lowest BCUT2D eigenvalue weighted by Crippen LogP contribution is -1.92. The largest absolute Gasteiger partial charge is 0.493 e. The fourth-order valence-corrected chi connectivity index (χ4v) is 1.59. The molecule has 2 rings (SSSR count). The minimum Gasteiger partial charge on any atom is -0.493 e. The molecule has 0 atom stereocenters. The molecule has 2 aromatic rings. The molecule has 0 aliphatic heterocycles. The molecule has 1 heterocycles. The van der Waals surface area contributed by atoms with E-state index in [0.29, 0.717) is 17.4 Å². The maximum absolute atomic E-state index is 5.65. The van der Waals surface area contributed by atoms with Crippen LogP contribution in [0.5, 0.6) is 17.4 Å². The zero-order valence-corrected chi connectivity index (χ0v) is 10.3. The van der Waals surface area contributed by atoms with Crippen LogP contribution in [-0.4, -0.2) is 12.1 Å². The predicted molar refractivity (Wildman–Crippen MR) is 65.0 cm³/mol. The van der Waals surface area contributed by atoms with Crippen molar-refractivity contribution in [1.82, 2.24) is 4.98 Å². The molecule has 82 valence electrons. The maximum Gasteiger partial charge on any atom is 0.233 e. The second kappa shape index (κ2) is 4.99.